The van der Waals surface area contributed by atoms with Crippen LogP contribution in [0.4, 0.5) is 0 Å². The van der Waals surface area contributed by atoms with Crippen LogP contribution in [0.3, 0.4) is 0 Å². The summed E-state index contributed by atoms with van der Waals surface area (Å²) < 4.78 is 5.40. The zero-order chi connectivity index (χ0) is 10.7. The average Bonchev–Trinajstić information content (AvgIpc) is 2.30. The van der Waals surface area contributed by atoms with Crippen LogP contribution in [0, 0.1) is 0 Å². The van der Waals surface area contributed by atoms with Crippen molar-refractivity contribution in [1.82, 2.24) is 0 Å². The van der Waals surface area contributed by atoms with Gasteiger partial charge in [0.15, 0.2) is 0 Å². The monoisotopic (exact) mass is 202 g/mol. The number of rotatable bonds is 2. The van der Waals surface area contributed by atoms with E-state index in [0.717, 1.165) is 5.75 Å². The molecule has 0 saturated heterocycles. The molecule has 0 atom stereocenters. The second-order valence-corrected chi connectivity index (χ2v) is 4.27. The van der Waals surface area contributed by atoms with Gasteiger partial charge in [0.25, 0.3) is 0 Å². The quantitative estimate of drug-likeness (QED) is 0.661. The van der Waals surface area contributed by atoms with Gasteiger partial charge in [-0.25, -0.2) is 0 Å². The molecule has 0 aromatic heterocycles. The highest BCUT2D eigenvalue weighted by Gasteiger charge is 2.19. The van der Waals surface area contributed by atoms with Crippen molar-refractivity contribution in [3.63, 3.8) is 0 Å². The largest absolute Gasteiger partial charge is 0.496 e. The van der Waals surface area contributed by atoms with Crippen molar-refractivity contribution in [1.29, 1.82) is 0 Å². The van der Waals surface area contributed by atoms with E-state index in [2.05, 4.69) is 24.8 Å². The van der Waals surface area contributed by atoms with E-state index in [9.17, 15) is 0 Å². The summed E-state index contributed by atoms with van der Waals surface area (Å²) in [5.74, 6) is 1.70. The van der Waals surface area contributed by atoms with Gasteiger partial charge in [0.2, 0.25) is 0 Å². The maximum atomic E-state index is 5.40. The van der Waals surface area contributed by atoms with E-state index >= 15 is 0 Å². The molecule has 80 valence electrons. The molecule has 1 aliphatic rings. The Morgan fingerprint density at radius 3 is 2.53 bits per heavy atom. The minimum Gasteiger partial charge on any atom is -0.496 e. The van der Waals surface area contributed by atoms with Crippen LogP contribution in [-0.2, 0) is 0 Å². The second-order valence-electron chi connectivity index (χ2n) is 4.27. The van der Waals surface area contributed by atoms with Crippen molar-refractivity contribution in [2.45, 2.75) is 31.6 Å². The number of ether oxygens (including phenoxy) is 1. The van der Waals surface area contributed by atoms with Gasteiger partial charge in [0.1, 0.15) is 5.75 Å². The van der Waals surface area contributed by atoms with Gasteiger partial charge in [-0.2, -0.15) is 0 Å². The molecule has 0 N–H and O–H groups in total. The number of methoxy groups -OCH3 is 1. The van der Waals surface area contributed by atoms with Crippen molar-refractivity contribution in [2.24, 2.45) is 0 Å². The number of hydrogen-bond acceptors (Lipinski definition) is 1. The van der Waals surface area contributed by atoms with Gasteiger partial charge in [0.05, 0.1) is 7.11 Å². The van der Waals surface area contributed by atoms with Crippen molar-refractivity contribution in [2.75, 3.05) is 7.11 Å². The van der Waals surface area contributed by atoms with Crippen LogP contribution in [-0.4, -0.2) is 7.11 Å². The first-order valence-electron chi connectivity index (χ1n) is 5.61. The zero-order valence-electron chi connectivity index (χ0n) is 9.33. The van der Waals surface area contributed by atoms with Crippen LogP contribution in [0.25, 0.3) is 0 Å². The summed E-state index contributed by atoms with van der Waals surface area (Å²) >= 11 is 0. The number of hydrogen-bond donors (Lipinski definition) is 0. The molecule has 0 radical (unpaired) electrons. The van der Waals surface area contributed by atoms with Crippen molar-refractivity contribution >= 4 is 0 Å². The third-order valence-electron chi connectivity index (χ3n) is 3.27. The average molecular weight is 202 g/mol. The van der Waals surface area contributed by atoms with E-state index in [1.165, 1.54) is 36.8 Å². The van der Waals surface area contributed by atoms with E-state index in [0.29, 0.717) is 5.92 Å². The van der Waals surface area contributed by atoms with Crippen LogP contribution in [0.2, 0.25) is 0 Å². The van der Waals surface area contributed by atoms with Gasteiger partial charge in [-0.1, -0.05) is 30.4 Å². The topological polar surface area (TPSA) is 9.23 Å². The molecular weight excluding hydrogens is 184 g/mol. The van der Waals surface area contributed by atoms with Crippen LogP contribution in [0.1, 0.15) is 37.2 Å². The first kappa shape index (κ1) is 10.3. The molecule has 1 nitrogen and oxygen atoms in total. The Labute approximate surface area is 91.8 Å². The SMILES string of the molecule is C=C1CCC(c2ccccc2OC)CC1. The summed E-state index contributed by atoms with van der Waals surface area (Å²) in [6.07, 6.45) is 4.78. The van der Waals surface area contributed by atoms with Crippen molar-refractivity contribution in [3.05, 3.63) is 42.0 Å². The lowest BCUT2D eigenvalue weighted by molar-refractivity contribution is 0.398. The van der Waals surface area contributed by atoms with Gasteiger partial charge < -0.3 is 4.74 Å². The van der Waals surface area contributed by atoms with E-state index in [1.807, 2.05) is 6.07 Å². The number of allylic oxidation sites excluding steroid dienone is 1. The maximum absolute atomic E-state index is 5.40. The zero-order valence-corrected chi connectivity index (χ0v) is 9.33. The van der Waals surface area contributed by atoms with E-state index in [1.54, 1.807) is 7.11 Å². The molecule has 0 heterocycles. The van der Waals surface area contributed by atoms with Crippen molar-refractivity contribution in [3.8, 4) is 5.75 Å². The summed E-state index contributed by atoms with van der Waals surface area (Å²) in [7, 11) is 1.75. The number of para-hydroxylation sites is 1. The smallest absolute Gasteiger partial charge is 0.122 e. The molecule has 1 fully saturated rings. The number of benzene rings is 1. The van der Waals surface area contributed by atoms with E-state index in [-0.39, 0.29) is 0 Å². The summed E-state index contributed by atoms with van der Waals surface area (Å²) in [6.45, 7) is 4.05. The van der Waals surface area contributed by atoms with Gasteiger partial charge in [-0.05, 0) is 43.2 Å². The highest BCUT2D eigenvalue weighted by atomic mass is 16.5. The lowest BCUT2D eigenvalue weighted by Gasteiger charge is -2.25. The van der Waals surface area contributed by atoms with Crippen LogP contribution in [0.5, 0.6) is 5.75 Å². The molecule has 0 bridgehead atoms. The predicted molar refractivity (Wildman–Crippen MR) is 63.3 cm³/mol. The van der Waals surface area contributed by atoms with Crippen molar-refractivity contribution < 1.29 is 4.74 Å². The molecular formula is C14H18O. The Morgan fingerprint density at radius 2 is 1.87 bits per heavy atom. The normalized spacial score (nSPS) is 17.8. The summed E-state index contributed by atoms with van der Waals surface area (Å²) in [6, 6.07) is 8.38. The molecule has 1 aromatic carbocycles. The molecule has 1 aromatic rings. The first-order chi connectivity index (χ1) is 7.31. The lowest BCUT2D eigenvalue weighted by atomic mass is 9.82. The fourth-order valence-electron chi connectivity index (χ4n) is 2.34. The molecule has 0 amide bonds. The maximum Gasteiger partial charge on any atom is 0.122 e. The van der Waals surface area contributed by atoms with Crippen LogP contribution in [0.15, 0.2) is 36.4 Å². The molecule has 1 heteroatoms. The minimum absolute atomic E-state index is 0.659. The lowest BCUT2D eigenvalue weighted by Crippen LogP contribution is -2.07. The predicted octanol–water partition coefficient (Wildman–Crippen LogP) is 3.91. The summed E-state index contributed by atoms with van der Waals surface area (Å²) in [4.78, 5) is 0. The fraction of sp³-hybridized carbons (Fsp3) is 0.429. The molecule has 1 saturated carbocycles. The molecule has 15 heavy (non-hydrogen) atoms. The summed E-state index contributed by atoms with van der Waals surface area (Å²) in [5.41, 5.74) is 2.77. The van der Waals surface area contributed by atoms with Gasteiger partial charge in [0, 0.05) is 0 Å². The van der Waals surface area contributed by atoms with Crippen LogP contribution < -0.4 is 4.74 Å². The Morgan fingerprint density at radius 1 is 1.20 bits per heavy atom. The molecule has 0 unspecified atom stereocenters. The van der Waals surface area contributed by atoms with Gasteiger partial charge in [-0.3, -0.25) is 0 Å². The van der Waals surface area contributed by atoms with Crippen LogP contribution >= 0.6 is 0 Å². The Hall–Kier alpha value is -1.24. The van der Waals surface area contributed by atoms with E-state index in [4.69, 9.17) is 4.74 Å². The minimum atomic E-state index is 0.659. The second kappa shape index (κ2) is 4.52. The Bertz CT molecular complexity index is 344. The Kier molecular flexibility index (Phi) is 3.10. The van der Waals surface area contributed by atoms with E-state index < -0.39 is 0 Å². The fourth-order valence-corrected chi connectivity index (χ4v) is 2.34. The highest BCUT2D eigenvalue weighted by Crippen LogP contribution is 2.38. The van der Waals surface area contributed by atoms with Gasteiger partial charge >= 0.3 is 0 Å². The molecule has 2 rings (SSSR count). The third kappa shape index (κ3) is 2.23. The molecule has 1 aliphatic carbocycles. The third-order valence-corrected chi connectivity index (χ3v) is 3.27. The highest BCUT2D eigenvalue weighted by molar-refractivity contribution is 5.36. The molecule has 0 spiro atoms. The first-order valence-corrected chi connectivity index (χ1v) is 5.61. The summed E-state index contributed by atoms with van der Waals surface area (Å²) in [5, 5.41) is 0. The van der Waals surface area contributed by atoms with Gasteiger partial charge in [-0.15, -0.1) is 0 Å². The molecule has 0 aliphatic heterocycles. The standard InChI is InChI=1S/C14H18O/c1-11-7-9-12(10-8-11)13-5-3-4-6-14(13)15-2/h3-6,12H,1,7-10H2,2H3. The Balaban J connectivity index is 2.18.